The summed E-state index contributed by atoms with van der Waals surface area (Å²) in [7, 11) is -3.84. The van der Waals surface area contributed by atoms with Crippen LogP contribution in [0.5, 0.6) is 5.75 Å². The van der Waals surface area contributed by atoms with Gasteiger partial charge in [-0.25, -0.2) is 25.4 Å². The minimum atomic E-state index is -3.49. The van der Waals surface area contributed by atoms with E-state index in [2.05, 4.69) is 5.32 Å². The second-order valence-electron chi connectivity index (χ2n) is 7.00. The van der Waals surface area contributed by atoms with E-state index in [0.29, 0.717) is 25.1 Å². The molecule has 0 unspecified atom stereocenters. The van der Waals surface area contributed by atoms with Gasteiger partial charge < -0.3 is 10.1 Å². The summed E-state index contributed by atoms with van der Waals surface area (Å²) in [5.74, 6) is -0.0171. The molecule has 1 aromatic carbocycles. The normalized spacial score (nSPS) is 18.6. The lowest BCUT2D eigenvalue weighted by molar-refractivity contribution is -0.126. The average molecular weight is 448 g/mol. The van der Waals surface area contributed by atoms with Gasteiger partial charge in [0.25, 0.3) is 0 Å². The Labute approximate surface area is 173 Å². The van der Waals surface area contributed by atoms with Gasteiger partial charge in [-0.2, -0.15) is 0 Å². The highest BCUT2D eigenvalue weighted by Crippen LogP contribution is 2.20. The Balaban J connectivity index is 1.79. The molecule has 0 spiro atoms. The van der Waals surface area contributed by atoms with Gasteiger partial charge in [0.1, 0.15) is 12.4 Å². The van der Waals surface area contributed by atoms with Crippen molar-refractivity contribution in [3.05, 3.63) is 24.3 Å². The highest BCUT2D eigenvalue weighted by atomic mass is 32.2. The van der Waals surface area contributed by atoms with E-state index in [0.717, 1.165) is 4.31 Å². The molecule has 29 heavy (non-hydrogen) atoms. The third-order valence-corrected chi connectivity index (χ3v) is 8.46. The Bertz CT molecular complexity index is 898. The smallest absolute Gasteiger partial charge is 0.242 e. The molecule has 1 heterocycles. The molecule has 1 amide bonds. The lowest BCUT2D eigenvalue weighted by Gasteiger charge is -2.30. The number of ether oxygens (including phenoxy) is 1. The van der Waals surface area contributed by atoms with Gasteiger partial charge in [-0.1, -0.05) is 0 Å². The van der Waals surface area contributed by atoms with Crippen molar-refractivity contribution in [3.63, 3.8) is 0 Å². The van der Waals surface area contributed by atoms with Crippen molar-refractivity contribution in [1.82, 2.24) is 13.9 Å². The molecule has 1 fully saturated rings. The molecule has 11 heteroatoms. The molecule has 164 valence electrons. The molecule has 0 saturated carbocycles. The van der Waals surface area contributed by atoms with Crippen molar-refractivity contribution >= 4 is 26.0 Å². The van der Waals surface area contributed by atoms with E-state index >= 15 is 0 Å². The van der Waals surface area contributed by atoms with Gasteiger partial charge in [-0.3, -0.25) is 4.79 Å². The Morgan fingerprint density at radius 3 is 2.45 bits per heavy atom. The van der Waals surface area contributed by atoms with Gasteiger partial charge in [-0.15, -0.1) is 0 Å². The Hall–Kier alpha value is -1.69. The summed E-state index contributed by atoms with van der Waals surface area (Å²) in [4.78, 5) is 12.5. The summed E-state index contributed by atoms with van der Waals surface area (Å²) >= 11 is 0. The zero-order valence-electron chi connectivity index (χ0n) is 17.0. The summed E-state index contributed by atoms with van der Waals surface area (Å²) < 4.78 is 56.1. The number of rotatable bonds is 9. The Morgan fingerprint density at radius 2 is 1.86 bits per heavy atom. The molecule has 1 saturated heterocycles. The SMILES string of the molecule is CCS(=O)(=O)N1CCC[C@@H](C(=O)NCCOc2ccc(S(=O)(=O)N(C)C)cc2)C1. The van der Waals surface area contributed by atoms with Crippen LogP contribution in [-0.2, 0) is 24.8 Å². The number of nitrogens with zero attached hydrogens (tertiary/aromatic N) is 2. The van der Waals surface area contributed by atoms with Gasteiger partial charge in [0.2, 0.25) is 26.0 Å². The van der Waals surface area contributed by atoms with Gasteiger partial charge >= 0.3 is 0 Å². The molecule has 1 N–H and O–H groups in total. The molecule has 2 rings (SSSR count). The maximum atomic E-state index is 12.3. The topological polar surface area (TPSA) is 113 Å². The third-order valence-electron chi connectivity index (χ3n) is 4.79. The van der Waals surface area contributed by atoms with Crippen LogP contribution in [0.25, 0.3) is 0 Å². The van der Waals surface area contributed by atoms with E-state index in [9.17, 15) is 21.6 Å². The number of hydrogen-bond acceptors (Lipinski definition) is 6. The van der Waals surface area contributed by atoms with Gasteiger partial charge in [-0.05, 0) is 44.0 Å². The van der Waals surface area contributed by atoms with Crippen LogP contribution in [0.1, 0.15) is 19.8 Å². The number of piperidine rings is 1. The van der Waals surface area contributed by atoms with Crippen LogP contribution in [0.15, 0.2) is 29.2 Å². The lowest BCUT2D eigenvalue weighted by atomic mass is 9.99. The number of hydrogen-bond donors (Lipinski definition) is 1. The minimum absolute atomic E-state index is 0.0316. The second kappa shape index (κ2) is 9.88. The van der Waals surface area contributed by atoms with Crippen molar-refractivity contribution in [2.45, 2.75) is 24.7 Å². The fraction of sp³-hybridized carbons (Fsp3) is 0.611. The molecule has 9 nitrogen and oxygen atoms in total. The summed E-state index contributed by atoms with van der Waals surface area (Å²) in [6.07, 6.45) is 1.32. The van der Waals surface area contributed by atoms with Crippen LogP contribution in [0.3, 0.4) is 0 Å². The number of carbonyl (C=O) groups excluding carboxylic acids is 1. The molecule has 0 bridgehead atoms. The van der Waals surface area contributed by atoms with Crippen molar-refractivity contribution in [2.24, 2.45) is 5.92 Å². The first-order valence-corrected chi connectivity index (χ1v) is 12.5. The van der Waals surface area contributed by atoms with Crippen LogP contribution in [0.4, 0.5) is 0 Å². The van der Waals surface area contributed by atoms with Crippen LogP contribution >= 0.6 is 0 Å². The molecular weight excluding hydrogens is 418 g/mol. The standard InChI is InChI=1S/C18H29N3O6S2/c1-4-28(23,24)21-12-5-6-15(14-21)18(22)19-11-13-27-16-7-9-17(10-8-16)29(25,26)20(2)3/h7-10,15H,4-6,11-14H2,1-3H3,(H,19,22)/t15-/m1/s1. The number of sulfonamides is 2. The molecular formula is C18H29N3O6S2. The molecule has 0 aliphatic carbocycles. The van der Waals surface area contributed by atoms with Crippen molar-refractivity contribution in [1.29, 1.82) is 0 Å². The zero-order valence-corrected chi connectivity index (χ0v) is 18.6. The van der Waals surface area contributed by atoms with Gasteiger partial charge in [0.15, 0.2) is 0 Å². The number of carbonyl (C=O) groups is 1. The molecule has 1 aliphatic rings. The van der Waals surface area contributed by atoms with Gasteiger partial charge in [0, 0.05) is 27.2 Å². The first kappa shape index (κ1) is 23.6. The second-order valence-corrected chi connectivity index (χ2v) is 11.4. The Morgan fingerprint density at radius 1 is 1.21 bits per heavy atom. The fourth-order valence-electron chi connectivity index (χ4n) is 3.00. The van der Waals surface area contributed by atoms with Crippen LogP contribution < -0.4 is 10.1 Å². The molecule has 0 aromatic heterocycles. The third kappa shape index (κ3) is 6.14. The zero-order chi connectivity index (χ0) is 21.7. The predicted molar refractivity (Wildman–Crippen MR) is 110 cm³/mol. The largest absolute Gasteiger partial charge is 0.492 e. The quantitative estimate of drug-likeness (QED) is 0.552. The average Bonchev–Trinajstić information content (AvgIpc) is 2.71. The van der Waals surface area contributed by atoms with Crippen molar-refractivity contribution in [2.75, 3.05) is 46.1 Å². The molecule has 1 aliphatic heterocycles. The van der Waals surface area contributed by atoms with Crippen molar-refractivity contribution < 1.29 is 26.4 Å². The number of amides is 1. The highest BCUT2D eigenvalue weighted by molar-refractivity contribution is 7.89. The maximum Gasteiger partial charge on any atom is 0.242 e. The first-order valence-electron chi connectivity index (χ1n) is 9.49. The van der Waals surface area contributed by atoms with E-state index in [4.69, 9.17) is 4.74 Å². The highest BCUT2D eigenvalue weighted by Gasteiger charge is 2.31. The number of nitrogens with one attached hydrogen (secondary N) is 1. The summed E-state index contributed by atoms with van der Waals surface area (Å²) in [6, 6.07) is 6.06. The van der Waals surface area contributed by atoms with E-state index in [1.165, 1.54) is 30.5 Å². The Kier molecular flexibility index (Phi) is 8.03. The summed E-state index contributed by atoms with van der Waals surface area (Å²) in [6.45, 7) is 2.76. The van der Waals surface area contributed by atoms with E-state index in [-0.39, 0.29) is 42.2 Å². The molecule has 1 atom stereocenters. The monoisotopic (exact) mass is 447 g/mol. The first-order chi connectivity index (χ1) is 13.6. The van der Waals surface area contributed by atoms with Crippen molar-refractivity contribution in [3.8, 4) is 5.75 Å². The summed E-state index contributed by atoms with van der Waals surface area (Å²) in [5.41, 5.74) is 0. The fourth-order valence-corrected chi connectivity index (χ4v) is 5.08. The molecule has 1 aromatic rings. The lowest BCUT2D eigenvalue weighted by Crippen LogP contribution is -2.46. The number of benzene rings is 1. The van der Waals surface area contributed by atoms with E-state index in [1.54, 1.807) is 19.1 Å². The van der Waals surface area contributed by atoms with E-state index in [1.807, 2.05) is 0 Å². The van der Waals surface area contributed by atoms with Gasteiger partial charge in [0.05, 0.1) is 23.1 Å². The molecule has 0 radical (unpaired) electrons. The van der Waals surface area contributed by atoms with Crippen LogP contribution in [0.2, 0.25) is 0 Å². The van der Waals surface area contributed by atoms with E-state index < -0.39 is 20.0 Å². The van der Waals surface area contributed by atoms with Crippen LogP contribution in [0, 0.1) is 5.92 Å². The van der Waals surface area contributed by atoms with Crippen LogP contribution in [-0.4, -0.2) is 77.4 Å². The summed E-state index contributed by atoms with van der Waals surface area (Å²) in [5, 5.41) is 2.78. The maximum absolute atomic E-state index is 12.3. The predicted octanol–water partition coefficient (Wildman–Crippen LogP) is 0.494. The minimum Gasteiger partial charge on any atom is -0.492 e.